The molecule has 0 aliphatic heterocycles. The molecule has 18 heavy (non-hydrogen) atoms. The number of rotatable bonds is 1. The van der Waals surface area contributed by atoms with Crippen molar-refractivity contribution in [3.8, 4) is 11.3 Å². The second kappa shape index (κ2) is 4.41. The van der Waals surface area contributed by atoms with Gasteiger partial charge in [0.1, 0.15) is 5.65 Å². The largest absolute Gasteiger partial charge is 0.305 e. The van der Waals surface area contributed by atoms with Crippen molar-refractivity contribution in [3.05, 3.63) is 57.8 Å². The van der Waals surface area contributed by atoms with Gasteiger partial charge in [0.15, 0.2) is 0 Å². The first kappa shape index (κ1) is 11.8. The van der Waals surface area contributed by atoms with Gasteiger partial charge in [0.25, 0.3) is 0 Å². The highest BCUT2D eigenvalue weighted by Crippen LogP contribution is 2.28. The molecule has 90 valence electrons. The number of halogens is 2. The highest BCUT2D eigenvalue weighted by molar-refractivity contribution is 9.10. The Balaban J connectivity index is 2.26. The second-order valence-electron chi connectivity index (χ2n) is 4.18. The van der Waals surface area contributed by atoms with Gasteiger partial charge < -0.3 is 4.40 Å². The fourth-order valence-corrected chi connectivity index (χ4v) is 2.82. The lowest BCUT2D eigenvalue weighted by Gasteiger charge is -1.98. The maximum absolute atomic E-state index is 6.20. The Morgan fingerprint density at radius 1 is 1.22 bits per heavy atom. The first-order valence-corrected chi connectivity index (χ1v) is 6.72. The van der Waals surface area contributed by atoms with Crippen molar-refractivity contribution in [2.24, 2.45) is 0 Å². The average molecular weight is 322 g/mol. The summed E-state index contributed by atoms with van der Waals surface area (Å²) in [6.45, 7) is 2.05. The molecule has 0 saturated heterocycles. The van der Waals surface area contributed by atoms with Gasteiger partial charge in [-0.25, -0.2) is 4.98 Å². The monoisotopic (exact) mass is 320 g/mol. The van der Waals surface area contributed by atoms with Gasteiger partial charge in [-0.3, -0.25) is 0 Å². The van der Waals surface area contributed by atoms with Crippen LogP contribution in [0.2, 0.25) is 5.02 Å². The van der Waals surface area contributed by atoms with Crippen LogP contribution >= 0.6 is 27.5 Å². The van der Waals surface area contributed by atoms with E-state index in [0.29, 0.717) is 0 Å². The Labute approximate surface area is 118 Å². The van der Waals surface area contributed by atoms with E-state index in [0.717, 1.165) is 32.0 Å². The quantitative estimate of drug-likeness (QED) is 0.633. The molecule has 0 aliphatic rings. The molecule has 3 aromatic rings. The minimum absolute atomic E-state index is 0.720. The molecule has 0 unspecified atom stereocenters. The minimum Gasteiger partial charge on any atom is -0.305 e. The predicted molar refractivity (Wildman–Crippen MR) is 78.1 cm³/mol. The topological polar surface area (TPSA) is 17.3 Å². The number of pyridine rings is 1. The van der Waals surface area contributed by atoms with Crippen molar-refractivity contribution in [1.82, 2.24) is 9.38 Å². The normalized spacial score (nSPS) is 11.1. The molecule has 0 aliphatic carbocycles. The molecule has 0 saturated carbocycles. The summed E-state index contributed by atoms with van der Waals surface area (Å²) in [4.78, 5) is 4.64. The summed E-state index contributed by atoms with van der Waals surface area (Å²) in [6.07, 6.45) is 3.99. The smallest absolute Gasteiger partial charge is 0.140 e. The average Bonchev–Trinajstić information content (AvgIpc) is 2.73. The molecular weight excluding hydrogens is 312 g/mol. The number of benzene rings is 1. The van der Waals surface area contributed by atoms with Gasteiger partial charge in [-0.15, -0.1) is 0 Å². The molecule has 0 bridgehead atoms. The van der Waals surface area contributed by atoms with Crippen LogP contribution in [0.3, 0.4) is 0 Å². The van der Waals surface area contributed by atoms with Crippen LogP contribution in [0, 0.1) is 6.92 Å². The maximum atomic E-state index is 6.20. The Morgan fingerprint density at radius 3 is 2.78 bits per heavy atom. The van der Waals surface area contributed by atoms with E-state index in [-0.39, 0.29) is 0 Å². The minimum atomic E-state index is 0.720. The fourth-order valence-electron chi connectivity index (χ4n) is 2.02. The number of hydrogen-bond donors (Lipinski definition) is 0. The van der Waals surface area contributed by atoms with Crippen LogP contribution in [0.5, 0.6) is 0 Å². The zero-order chi connectivity index (χ0) is 12.7. The summed E-state index contributed by atoms with van der Waals surface area (Å²) in [7, 11) is 0. The summed E-state index contributed by atoms with van der Waals surface area (Å²) in [5.41, 5.74) is 3.93. The van der Waals surface area contributed by atoms with Crippen LogP contribution in [-0.4, -0.2) is 9.38 Å². The SMILES string of the molecule is Cc1cc(Br)cn2cc(-c3ccccc3Cl)nc12. The molecule has 0 amide bonds. The molecular formula is C14H10BrClN2. The Morgan fingerprint density at radius 2 is 2.00 bits per heavy atom. The van der Waals surface area contributed by atoms with Crippen LogP contribution in [0.4, 0.5) is 0 Å². The lowest BCUT2D eigenvalue weighted by molar-refractivity contribution is 1.15. The lowest BCUT2D eigenvalue weighted by Crippen LogP contribution is -1.86. The molecule has 0 spiro atoms. The van der Waals surface area contributed by atoms with E-state index in [9.17, 15) is 0 Å². The van der Waals surface area contributed by atoms with Crippen LogP contribution in [-0.2, 0) is 0 Å². The van der Waals surface area contributed by atoms with Crippen LogP contribution in [0.15, 0.2) is 47.2 Å². The molecule has 2 nitrogen and oxygen atoms in total. The number of hydrogen-bond acceptors (Lipinski definition) is 1. The zero-order valence-electron chi connectivity index (χ0n) is 9.69. The third kappa shape index (κ3) is 1.93. The van der Waals surface area contributed by atoms with E-state index < -0.39 is 0 Å². The number of nitrogens with zero attached hydrogens (tertiary/aromatic N) is 2. The highest BCUT2D eigenvalue weighted by Gasteiger charge is 2.09. The number of imidazole rings is 1. The molecule has 3 rings (SSSR count). The Hall–Kier alpha value is -1.32. The first-order valence-electron chi connectivity index (χ1n) is 5.55. The summed E-state index contributed by atoms with van der Waals surface area (Å²) in [5, 5.41) is 0.720. The molecule has 2 heterocycles. The van der Waals surface area contributed by atoms with Crippen LogP contribution in [0.25, 0.3) is 16.9 Å². The summed E-state index contributed by atoms with van der Waals surface area (Å²) >= 11 is 9.69. The van der Waals surface area contributed by atoms with Gasteiger partial charge in [0.2, 0.25) is 0 Å². The van der Waals surface area contributed by atoms with E-state index in [4.69, 9.17) is 11.6 Å². The molecule has 0 atom stereocenters. The van der Waals surface area contributed by atoms with Gasteiger partial charge in [-0.2, -0.15) is 0 Å². The second-order valence-corrected chi connectivity index (χ2v) is 5.50. The zero-order valence-corrected chi connectivity index (χ0v) is 12.0. The van der Waals surface area contributed by atoms with Gasteiger partial charge in [-0.05, 0) is 40.5 Å². The summed E-state index contributed by atoms with van der Waals surface area (Å²) < 4.78 is 3.05. The van der Waals surface area contributed by atoms with Crippen LogP contribution < -0.4 is 0 Å². The molecule has 1 aromatic carbocycles. The fraction of sp³-hybridized carbons (Fsp3) is 0.0714. The van der Waals surface area contributed by atoms with E-state index in [1.807, 2.05) is 48.0 Å². The van der Waals surface area contributed by atoms with Gasteiger partial charge in [0.05, 0.1) is 10.7 Å². The third-order valence-electron chi connectivity index (χ3n) is 2.85. The van der Waals surface area contributed by atoms with E-state index in [1.54, 1.807) is 0 Å². The van der Waals surface area contributed by atoms with Gasteiger partial charge in [0, 0.05) is 22.4 Å². The Bertz CT molecular complexity index is 734. The van der Waals surface area contributed by atoms with Crippen molar-refractivity contribution in [2.75, 3.05) is 0 Å². The van der Waals surface area contributed by atoms with Crippen molar-refractivity contribution >= 4 is 33.2 Å². The van der Waals surface area contributed by atoms with E-state index >= 15 is 0 Å². The first-order chi connectivity index (χ1) is 8.65. The summed E-state index contributed by atoms with van der Waals surface area (Å²) in [5.74, 6) is 0. The number of aromatic nitrogens is 2. The van der Waals surface area contributed by atoms with Gasteiger partial charge >= 0.3 is 0 Å². The van der Waals surface area contributed by atoms with Crippen molar-refractivity contribution in [3.63, 3.8) is 0 Å². The summed E-state index contributed by atoms with van der Waals surface area (Å²) in [6, 6.07) is 9.80. The Kier molecular flexibility index (Phi) is 2.88. The van der Waals surface area contributed by atoms with Crippen molar-refractivity contribution < 1.29 is 0 Å². The molecule has 0 N–H and O–H groups in total. The van der Waals surface area contributed by atoms with Crippen LogP contribution in [0.1, 0.15) is 5.56 Å². The third-order valence-corrected chi connectivity index (χ3v) is 3.61. The predicted octanol–water partition coefficient (Wildman–Crippen LogP) is 4.73. The molecule has 2 aromatic heterocycles. The standard InChI is InChI=1S/C14H10BrClN2/c1-9-6-10(15)7-18-8-13(17-14(9)18)11-4-2-3-5-12(11)16/h2-8H,1H3. The molecule has 0 fully saturated rings. The maximum Gasteiger partial charge on any atom is 0.140 e. The number of fused-ring (bicyclic) bond motifs is 1. The molecule has 0 radical (unpaired) electrons. The van der Waals surface area contributed by atoms with E-state index in [2.05, 4.69) is 27.0 Å². The van der Waals surface area contributed by atoms with Crippen molar-refractivity contribution in [2.45, 2.75) is 6.92 Å². The number of aryl methyl sites for hydroxylation is 1. The van der Waals surface area contributed by atoms with E-state index in [1.165, 1.54) is 0 Å². The highest BCUT2D eigenvalue weighted by atomic mass is 79.9. The molecule has 4 heteroatoms. The van der Waals surface area contributed by atoms with Crippen molar-refractivity contribution in [1.29, 1.82) is 0 Å². The lowest BCUT2D eigenvalue weighted by atomic mass is 10.2. The van der Waals surface area contributed by atoms with Gasteiger partial charge in [-0.1, -0.05) is 29.8 Å².